The number of aromatic nitrogens is 1. The molecule has 1 aromatic heterocycles. The van der Waals surface area contributed by atoms with Crippen molar-refractivity contribution < 1.29 is 28.7 Å². The van der Waals surface area contributed by atoms with Gasteiger partial charge in [0.15, 0.2) is 0 Å². The van der Waals surface area contributed by atoms with Gasteiger partial charge < -0.3 is 19.3 Å². The Morgan fingerprint density at radius 1 is 1.00 bits per heavy atom. The van der Waals surface area contributed by atoms with E-state index in [1.54, 1.807) is 29.3 Å². The zero-order valence-electron chi connectivity index (χ0n) is 29.8. The molecule has 2 fully saturated rings. The molecule has 0 aliphatic carbocycles. The average Bonchev–Trinajstić information content (AvgIpc) is 3.83. The van der Waals surface area contributed by atoms with E-state index < -0.39 is 23.8 Å². The van der Waals surface area contributed by atoms with Crippen LogP contribution in [0.2, 0.25) is 10.0 Å². The minimum atomic E-state index is -1.04. The molecule has 2 aromatic rings. The van der Waals surface area contributed by atoms with Crippen LogP contribution in [0.15, 0.2) is 46.0 Å². The molecule has 3 aliphatic rings. The maximum atomic E-state index is 14.0. The SMILES string of the molecule is CCC(CC)(CCN1CCN(C(=O)CC2=C(C(=O)OC)C(c3c(Cl)cccc3Cl)C(C(=O)OC)C(CCc3nccs3)=N2)CC1)N1CCCC1=O. The van der Waals surface area contributed by atoms with Crippen LogP contribution in [0.4, 0.5) is 0 Å². The summed E-state index contributed by atoms with van der Waals surface area (Å²) in [6, 6.07) is 4.97. The molecule has 1 aromatic carbocycles. The number of piperazine rings is 1. The lowest BCUT2D eigenvalue weighted by molar-refractivity contribution is -0.144. The number of nitrogens with zero attached hydrogens (tertiary/aromatic N) is 5. The molecule has 0 saturated carbocycles. The molecule has 3 aliphatic heterocycles. The fourth-order valence-electron chi connectivity index (χ4n) is 7.78. The lowest BCUT2D eigenvalue weighted by Gasteiger charge is -2.43. The number of hydrogen-bond acceptors (Lipinski definition) is 10. The third-order valence-electron chi connectivity index (χ3n) is 10.7. The number of esters is 2. The van der Waals surface area contributed by atoms with E-state index >= 15 is 0 Å². The molecule has 0 N–H and O–H groups in total. The number of halogens is 2. The number of aliphatic imine (C=N–C) groups is 1. The number of rotatable bonds is 14. The first-order valence-corrected chi connectivity index (χ1v) is 19.3. The summed E-state index contributed by atoms with van der Waals surface area (Å²) >= 11 is 15.0. The minimum Gasteiger partial charge on any atom is -0.468 e. The van der Waals surface area contributed by atoms with Crippen LogP contribution < -0.4 is 0 Å². The van der Waals surface area contributed by atoms with Gasteiger partial charge in [-0.1, -0.05) is 43.1 Å². The second-order valence-corrected chi connectivity index (χ2v) is 15.0. The molecule has 2 amide bonds. The van der Waals surface area contributed by atoms with Crippen LogP contribution in [0.25, 0.3) is 0 Å². The number of likely N-dealkylation sites (tertiary alicyclic amines) is 1. The highest BCUT2D eigenvalue weighted by Crippen LogP contribution is 2.46. The van der Waals surface area contributed by atoms with Gasteiger partial charge in [-0.25, -0.2) is 9.78 Å². The number of carbonyl (C=O) groups is 4. The molecule has 0 radical (unpaired) electrons. The minimum absolute atomic E-state index is 0.0554. The molecule has 11 nitrogen and oxygen atoms in total. The summed E-state index contributed by atoms with van der Waals surface area (Å²) in [5.41, 5.74) is 0.944. The monoisotopic (exact) mass is 759 g/mol. The Kier molecular flexibility index (Phi) is 13.3. The van der Waals surface area contributed by atoms with Crippen molar-refractivity contribution in [1.29, 1.82) is 0 Å². The number of benzene rings is 1. The van der Waals surface area contributed by atoms with Crippen LogP contribution in [0.5, 0.6) is 0 Å². The number of hydrogen-bond donors (Lipinski definition) is 0. The van der Waals surface area contributed by atoms with E-state index in [9.17, 15) is 19.2 Å². The molecule has 2 saturated heterocycles. The Hall–Kier alpha value is -3.32. The maximum absolute atomic E-state index is 14.0. The fourth-order valence-corrected chi connectivity index (χ4v) is 9.04. The Morgan fingerprint density at radius 3 is 2.27 bits per heavy atom. The van der Waals surface area contributed by atoms with Crippen molar-refractivity contribution in [1.82, 2.24) is 19.7 Å². The zero-order valence-corrected chi connectivity index (χ0v) is 32.1. The summed E-state index contributed by atoms with van der Waals surface area (Å²) in [6.45, 7) is 8.40. The zero-order chi connectivity index (χ0) is 36.7. The number of thiazole rings is 1. The highest BCUT2D eigenvalue weighted by Gasteiger charge is 2.46. The van der Waals surface area contributed by atoms with E-state index in [0.29, 0.717) is 56.7 Å². The van der Waals surface area contributed by atoms with Gasteiger partial charge in [-0.3, -0.25) is 24.3 Å². The van der Waals surface area contributed by atoms with Crippen LogP contribution in [0.3, 0.4) is 0 Å². The van der Waals surface area contributed by atoms with Gasteiger partial charge in [0.1, 0.15) is 5.92 Å². The summed E-state index contributed by atoms with van der Waals surface area (Å²) in [5, 5.41) is 3.25. The summed E-state index contributed by atoms with van der Waals surface area (Å²) < 4.78 is 10.5. The lowest BCUT2D eigenvalue weighted by Crippen LogP contribution is -2.53. The van der Waals surface area contributed by atoms with Crippen molar-refractivity contribution in [3.8, 4) is 0 Å². The smallest absolute Gasteiger partial charge is 0.336 e. The van der Waals surface area contributed by atoms with Crippen LogP contribution in [-0.2, 0) is 35.1 Å². The van der Waals surface area contributed by atoms with Crippen molar-refractivity contribution in [3.05, 3.63) is 61.7 Å². The van der Waals surface area contributed by atoms with Crippen LogP contribution in [0.1, 0.15) is 75.3 Å². The Labute approximate surface area is 314 Å². The third-order valence-corrected chi connectivity index (χ3v) is 12.2. The fraction of sp³-hybridized carbons (Fsp3) is 0.568. The van der Waals surface area contributed by atoms with Gasteiger partial charge in [-0.2, -0.15) is 0 Å². The second-order valence-electron chi connectivity index (χ2n) is 13.2. The first-order chi connectivity index (χ1) is 24.6. The van der Waals surface area contributed by atoms with Gasteiger partial charge in [0.2, 0.25) is 11.8 Å². The number of ether oxygens (including phenoxy) is 2. The largest absolute Gasteiger partial charge is 0.468 e. The highest BCUT2D eigenvalue weighted by molar-refractivity contribution is 7.09. The predicted octanol–water partition coefficient (Wildman–Crippen LogP) is 5.94. The van der Waals surface area contributed by atoms with Crippen molar-refractivity contribution in [2.24, 2.45) is 10.9 Å². The molecule has 0 spiro atoms. The van der Waals surface area contributed by atoms with E-state index in [1.807, 2.05) is 5.38 Å². The molecule has 14 heteroatoms. The quantitative estimate of drug-likeness (QED) is 0.217. The van der Waals surface area contributed by atoms with Crippen LogP contribution in [-0.4, -0.2) is 108 Å². The highest BCUT2D eigenvalue weighted by atomic mass is 35.5. The predicted molar refractivity (Wildman–Crippen MR) is 198 cm³/mol. The van der Waals surface area contributed by atoms with Gasteiger partial charge in [-0.05, 0) is 49.8 Å². The number of methoxy groups -OCH3 is 2. The molecule has 4 heterocycles. The topological polar surface area (TPSA) is 122 Å². The molecule has 2 unspecified atom stereocenters. The van der Waals surface area contributed by atoms with E-state index in [-0.39, 0.29) is 45.1 Å². The molecular formula is C37H47Cl2N5O6S. The molecule has 276 valence electrons. The van der Waals surface area contributed by atoms with Crippen molar-refractivity contribution in [2.75, 3.05) is 53.5 Å². The summed E-state index contributed by atoms with van der Waals surface area (Å²) in [6.07, 6.45) is 6.62. The number of carbonyl (C=O) groups excluding carboxylic acids is 4. The van der Waals surface area contributed by atoms with E-state index in [1.165, 1.54) is 25.6 Å². The second kappa shape index (κ2) is 17.5. The average molecular weight is 761 g/mol. The van der Waals surface area contributed by atoms with E-state index in [2.05, 4.69) is 28.6 Å². The van der Waals surface area contributed by atoms with Gasteiger partial charge in [0.05, 0.1) is 36.9 Å². The molecule has 5 rings (SSSR count). The van der Waals surface area contributed by atoms with Crippen molar-refractivity contribution in [2.45, 2.75) is 76.7 Å². The van der Waals surface area contributed by atoms with Crippen molar-refractivity contribution >= 4 is 64.0 Å². The summed E-state index contributed by atoms with van der Waals surface area (Å²) in [7, 11) is 2.53. The Balaban J connectivity index is 1.40. The number of amides is 2. The summed E-state index contributed by atoms with van der Waals surface area (Å²) in [5.74, 6) is -3.32. The van der Waals surface area contributed by atoms with Crippen molar-refractivity contribution in [3.63, 3.8) is 0 Å². The van der Waals surface area contributed by atoms with Crippen LogP contribution in [0, 0.1) is 5.92 Å². The van der Waals surface area contributed by atoms with E-state index in [4.69, 9.17) is 37.7 Å². The number of aryl methyl sites for hydroxylation is 1. The third kappa shape index (κ3) is 8.50. The first-order valence-electron chi connectivity index (χ1n) is 17.7. The molecular weight excluding hydrogens is 713 g/mol. The Morgan fingerprint density at radius 2 is 1.71 bits per heavy atom. The molecule has 51 heavy (non-hydrogen) atoms. The first kappa shape index (κ1) is 38.9. The molecule has 0 bridgehead atoms. The Bertz CT molecular complexity index is 1630. The van der Waals surface area contributed by atoms with E-state index in [0.717, 1.165) is 43.8 Å². The normalized spacial score (nSPS) is 20.1. The van der Waals surface area contributed by atoms with Gasteiger partial charge in [0.25, 0.3) is 0 Å². The van der Waals surface area contributed by atoms with Gasteiger partial charge >= 0.3 is 11.9 Å². The standard InChI is InChI=1S/C37H47Cl2N5O6S/c1-5-37(6-2,44-16-8-11-29(44)45)14-17-42-18-20-43(21-19-42)30(46)23-27-33(36(48)50-4)34(31-24(38)9-7-10-25(31)39)32(35(47)49-3)26(41-27)12-13-28-40-15-22-51-28/h7,9-10,15,22,32,34H,5-6,8,11-14,16-21,23H2,1-4H3. The molecule has 2 atom stereocenters. The van der Waals surface area contributed by atoms with Gasteiger partial charge in [-0.15, -0.1) is 11.3 Å². The van der Waals surface area contributed by atoms with Gasteiger partial charge in [0, 0.05) is 90.9 Å². The van der Waals surface area contributed by atoms with Crippen LogP contribution >= 0.6 is 34.5 Å². The lowest BCUT2D eigenvalue weighted by atomic mass is 9.74. The maximum Gasteiger partial charge on any atom is 0.336 e. The summed E-state index contributed by atoms with van der Waals surface area (Å²) in [4.78, 5) is 69.4.